The molecule has 3 rings (SSSR count). The number of benzene rings is 3. The highest BCUT2D eigenvalue weighted by Crippen LogP contribution is 2.20. The second kappa shape index (κ2) is 9.82. The molecule has 1 atom stereocenters. The third-order valence-electron chi connectivity index (χ3n) is 5.38. The van der Waals surface area contributed by atoms with Gasteiger partial charge in [-0.25, -0.2) is 13.1 Å². The van der Waals surface area contributed by atoms with Crippen LogP contribution in [0.2, 0.25) is 0 Å². The maximum absolute atomic E-state index is 13.1. The van der Waals surface area contributed by atoms with E-state index in [2.05, 4.69) is 4.72 Å². The molecule has 0 unspecified atom stereocenters. The molecule has 7 nitrogen and oxygen atoms in total. The van der Waals surface area contributed by atoms with E-state index >= 15 is 0 Å². The van der Waals surface area contributed by atoms with Gasteiger partial charge in [-0.15, -0.1) is 0 Å². The molecule has 0 aliphatic carbocycles. The second-order valence-corrected chi connectivity index (χ2v) is 9.17. The van der Waals surface area contributed by atoms with E-state index in [0.717, 1.165) is 10.8 Å². The van der Waals surface area contributed by atoms with E-state index < -0.39 is 27.8 Å². The first-order valence-corrected chi connectivity index (χ1v) is 11.9. The summed E-state index contributed by atoms with van der Waals surface area (Å²) in [6.45, 7) is 4.45. The number of nitrogens with one attached hydrogen (secondary N) is 1. The van der Waals surface area contributed by atoms with Gasteiger partial charge in [0.25, 0.3) is 10.0 Å². The first-order chi connectivity index (χ1) is 15.2. The van der Waals surface area contributed by atoms with Crippen molar-refractivity contribution in [1.82, 2.24) is 9.62 Å². The van der Waals surface area contributed by atoms with Gasteiger partial charge in [0.05, 0.1) is 4.90 Å². The van der Waals surface area contributed by atoms with E-state index in [4.69, 9.17) is 5.73 Å². The van der Waals surface area contributed by atoms with Crippen molar-refractivity contribution in [2.45, 2.75) is 25.2 Å². The van der Waals surface area contributed by atoms with Gasteiger partial charge in [0, 0.05) is 18.8 Å². The summed E-state index contributed by atoms with van der Waals surface area (Å²) < 4.78 is 28.0. The van der Waals surface area contributed by atoms with Crippen molar-refractivity contribution in [2.24, 2.45) is 5.92 Å². The number of anilines is 1. The molecule has 168 valence electrons. The van der Waals surface area contributed by atoms with E-state index in [1.54, 1.807) is 36.4 Å². The summed E-state index contributed by atoms with van der Waals surface area (Å²) in [7, 11) is -4.16. The number of nitrogens with two attached hydrogens (primary N) is 1. The number of nitrogens with zero attached hydrogens (tertiary/aromatic N) is 1. The molecule has 0 heterocycles. The standard InChI is InChI=1S/C24H27N3O4S/c1-3-27(4-2)24(29)22(15-17-9-12-20(25)13-10-17)23(28)26-32(30,31)21-14-11-18-7-5-6-8-19(18)16-21/h5-14,16,22H,3-4,15,25H2,1-2H3,(H,26,28)/t22-/m1/s1. The number of hydrogen-bond donors (Lipinski definition) is 2. The molecule has 0 bridgehead atoms. The summed E-state index contributed by atoms with van der Waals surface area (Å²) in [5.41, 5.74) is 6.99. The largest absolute Gasteiger partial charge is 0.399 e. The molecule has 0 spiro atoms. The van der Waals surface area contributed by atoms with Crippen LogP contribution in [0.5, 0.6) is 0 Å². The lowest BCUT2D eigenvalue weighted by atomic mass is 9.97. The van der Waals surface area contributed by atoms with Crippen LogP contribution in [-0.2, 0) is 26.0 Å². The number of fused-ring (bicyclic) bond motifs is 1. The second-order valence-electron chi connectivity index (χ2n) is 7.49. The van der Waals surface area contributed by atoms with Crippen LogP contribution in [0.15, 0.2) is 71.6 Å². The van der Waals surface area contributed by atoms with Gasteiger partial charge in [0.2, 0.25) is 11.8 Å². The molecule has 0 fully saturated rings. The summed E-state index contributed by atoms with van der Waals surface area (Å²) in [4.78, 5) is 27.6. The molecule has 0 aliphatic heterocycles. The molecule has 2 amide bonds. The molecule has 0 aliphatic rings. The van der Waals surface area contributed by atoms with Gasteiger partial charge in [0.1, 0.15) is 5.92 Å². The third kappa shape index (κ3) is 5.26. The zero-order valence-electron chi connectivity index (χ0n) is 18.1. The zero-order chi connectivity index (χ0) is 23.3. The first-order valence-electron chi connectivity index (χ1n) is 10.4. The van der Waals surface area contributed by atoms with Gasteiger partial charge in [-0.1, -0.05) is 42.5 Å². The summed E-state index contributed by atoms with van der Waals surface area (Å²) >= 11 is 0. The van der Waals surface area contributed by atoms with Crippen LogP contribution in [-0.4, -0.2) is 38.2 Å². The Morgan fingerprint density at radius 3 is 2.19 bits per heavy atom. The predicted octanol–water partition coefficient (Wildman–Crippen LogP) is 2.95. The van der Waals surface area contributed by atoms with Gasteiger partial charge in [-0.2, -0.15) is 0 Å². The lowest BCUT2D eigenvalue weighted by Gasteiger charge is -2.24. The van der Waals surface area contributed by atoms with Crippen LogP contribution < -0.4 is 10.5 Å². The highest BCUT2D eigenvalue weighted by Gasteiger charge is 2.33. The lowest BCUT2D eigenvalue weighted by Crippen LogP contribution is -2.46. The maximum atomic E-state index is 13.1. The Kier molecular flexibility index (Phi) is 7.15. The van der Waals surface area contributed by atoms with Crippen LogP contribution >= 0.6 is 0 Å². The number of carbonyl (C=O) groups is 2. The molecule has 8 heteroatoms. The van der Waals surface area contributed by atoms with Crippen LogP contribution in [0, 0.1) is 5.92 Å². The summed E-state index contributed by atoms with van der Waals surface area (Å²) in [6.07, 6.45) is 0.0642. The fourth-order valence-corrected chi connectivity index (χ4v) is 4.59. The first kappa shape index (κ1) is 23.3. The number of rotatable bonds is 8. The molecule has 3 aromatic rings. The molecule has 0 radical (unpaired) electrons. The molecule has 3 aromatic carbocycles. The molecule has 32 heavy (non-hydrogen) atoms. The fourth-order valence-electron chi connectivity index (χ4n) is 3.53. The predicted molar refractivity (Wildman–Crippen MR) is 125 cm³/mol. The Balaban J connectivity index is 1.89. The fraction of sp³-hybridized carbons (Fsp3) is 0.250. The van der Waals surface area contributed by atoms with Crippen molar-refractivity contribution in [3.63, 3.8) is 0 Å². The minimum absolute atomic E-state index is 0.0360. The van der Waals surface area contributed by atoms with Gasteiger partial charge >= 0.3 is 0 Å². The van der Waals surface area contributed by atoms with Crippen LogP contribution in [0.3, 0.4) is 0 Å². The normalized spacial score (nSPS) is 12.3. The summed E-state index contributed by atoms with van der Waals surface area (Å²) in [5, 5.41) is 1.62. The lowest BCUT2D eigenvalue weighted by molar-refractivity contribution is -0.141. The van der Waals surface area contributed by atoms with Gasteiger partial charge < -0.3 is 10.6 Å². The molecule has 0 saturated heterocycles. The average molecular weight is 454 g/mol. The van der Waals surface area contributed by atoms with Crippen molar-refractivity contribution < 1.29 is 18.0 Å². The van der Waals surface area contributed by atoms with Gasteiger partial charge in [-0.3, -0.25) is 9.59 Å². The Hall–Kier alpha value is -3.39. The van der Waals surface area contributed by atoms with Crippen LogP contribution in [0.25, 0.3) is 10.8 Å². The summed E-state index contributed by atoms with van der Waals surface area (Å²) in [5.74, 6) is -2.46. The molecule has 3 N–H and O–H groups in total. The average Bonchev–Trinajstić information content (AvgIpc) is 2.78. The van der Waals surface area contributed by atoms with E-state index in [1.165, 1.54) is 17.0 Å². The van der Waals surface area contributed by atoms with Crippen LogP contribution in [0.1, 0.15) is 19.4 Å². The van der Waals surface area contributed by atoms with Crippen molar-refractivity contribution >= 4 is 38.3 Å². The highest BCUT2D eigenvalue weighted by molar-refractivity contribution is 7.90. The number of sulfonamides is 1. The topological polar surface area (TPSA) is 110 Å². The van der Waals surface area contributed by atoms with Crippen molar-refractivity contribution in [2.75, 3.05) is 18.8 Å². The van der Waals surface area contributed by atoms with Crippen molar-refractivity contribution in [1.29, 1.82) is 0 Å². The number of hydrogen-bond acceptors (Lipinski definition) is 5. The van der Waals surface area contributed by atoms with Crippen molar-refractivity contribution in [3.05, 3.63) is 72.3 Å². The Morgan fingerprint density at radius 2 is 1.56 bits per heavy atom. The van der Waals surface area contributed by atoms with Gasteiger partial charge in [-0.05, 0) is 60.9 Å². The van der Waals surface area contributed by atoms with E-state index in [0.29, 0.717) is 24.3 Å². The third-order valence-corrected chi connectivity index (χ3v) is 6.72. The Morgan fingerprint density at radius 1 is 0.938 bits per heavy atom. The number of carbonyl (C=O) groups excluding carboxylic acids is 2. The van der Waals surface area contributed by atoms with E-state index in [1.807, 2.05) is 32.0 Å². The molecular formula is C24H27N3O4S. The minimum Gasteiger partial charge on any atom is -0.399 e. The number of amides is 2. The summed E-state index contributed by atoms with van der Waals surface area (Å²) in [6, 6.07) is 18.8. The smallest absolute Gasteiger partial charge is 0.264 e. The monoisotopic (exact) mass is 453 g/mol. The molecule has 0 saturated carbocycles. The zero-order valence-corrected chi connectivity index (χ0v) is 18.9. The molecular weight excluding hydrogens is 426 g/mol. The Labute approximate surface area is 188 Å². The quantitative estimate of drug-likeness (QED) is 0.403. The van der Waals surface area contributed by atoms with E-state index in [9.17, 15) is 18.0 Å². The van der Waals surface area contributed by atoms with Crippen molar-refractivity contribution in [3.8, 4) is 0 Å². The minimum atomic E-state index is -4.16. The highest BCUT2D eigenvalue weighted by atomic mass is 32.2. The Bertz CT molecular complexity index is 1220. The maximum Gasteiger partial charge on any atom is 0.264 e. The molecule has 0 aromatic heterocycles. The van der Waals surface area contributed by atoms with Gasteiger partial charge in [0.15, 0.2) is 0 Å². The SMILES string of the molecule is CCN(CC)C(=O)[C@H](Cc1ccc(N)cc1)C(=O)NS(=O)(=O)c1ccc2ccccc2c1. The van der Waals surface area contributed by atoms with Crippen LogP contribution in [0.4, 0.5) is 5.69 Å². The van der Waals surface area contributed by atoms with E-state index in [-0.39, 0.29) is 11.3 Å². The number of nitrogen functional groups attached to an aromatic ring is 1.